The van der Waals surface area contributed by atoms with Crippen molar-refractivity contribution in [3.63, 3.8) is 0 Å². The van der Waals surface area contributed by atoms with Gasteiger partial charge in [-0.15, -0.1) is 0 Å². The summed E-state index contributed by atoms with van der Waals surface area (Å²) in [5.41, 5.74) is 0. The molecule has 0 N–H and O–H groups in total. The van der Waals surface area contributed by atoms with Gasteiger partial charge in [-0.3, -0.25) is 4.79 Å². The monoisotopic (exact) mass is 224 g/mol. The molecule has 2 fully saturated rings. The van der Waals surface area contributed by atoms with Gasteiger partial charge < -0.3 is 4.74 Å². The van der Waals surface area contributed by atoms with Gasteiger partial charge in [0, 0.05) is 0 Å². The van der Waals surface area contributed by atoms with Crippen molar-refractivity contribution in [2.45, 2.75) is 59.0 Å². The van der Waals surface area contributed by atoms with Gasteiger partial charge in [0.1, 0.15) is 6.10 Å². The number of carbonyl (C=O) groups is 1. The van der Waals surface area contributed by atoms with Crippen LogP contribution in [0, 0.1) is 23.7 Å². The van der Waals surface area contributed by atoms with E-state index in [1.165, 1.54) is 19.3 Å². The molecule has 2 nitrogen and oxygen atoms in total. The largest absolute Gasteiger partial charge is 0.462 e. The Morgan fingerprint density at radius 2 is 1.62 bits per heavy atom. The van der Waals surface area contributed by atoms with Crippen molar-refractivity contribution in [3.05, 3.63) is 0 Å². The Labute approximate surface area is 98.7 Å². The predicted molar refractivity (Wildman–Crippen MR) is 63.9 cm³/mol. The molecule has 0 aromatic carbocycles. The molecule has 2 aliphatic carbocycles. The van der Waals surface area contributed by atoms with Crippen LogP contribution in [0.15, 0.2) is 0 Å². The summed E-state index contributed by atoms with van der Waals surface area (Å²) >= 11 is 0. The van der Waals surface area contributed by atoms with E-state index in [0.717, 1.165) is 30.6 Å². The third-order valence-corrected chi connectivity index (χ3v) is 4.08. The lowest BCUT2D eigenvalue weighted by Gasteiger charge is -2.41. The second-order valence-electron chi connectivity index (χ2n) is 6.23. The molecule has 0 aromatic heterocycles. The fourth-order valence-electron chi connectivity index (χ4n) is 3.52. The van der Waals surface area contributed by atoms with E-state index in [9.17, 15) is 4.79 Å². The number of carbonyl (C=O) groups excluding carboxylic acids is 1. The van der Waals surface area contributed by atoms with E-state index in [4.69, 9.17) is 4.74 Å². The van der Waals surface area contributed by atoms with Crippen LogP contribution in [0.1, 0.15) is 52.9 Å². The predicted octanol–water partition coefficient (Wildman–Crippen LogP) is 3.40. The maximum Gasteiger partial charge on any atom is 0.308 e. The quantitative estimate of drug-likeness (QED) is 0.672. The van der Waals surface area contributed by atoms with Crippen LogP contribution in [0.5, 0.6) is 0 Å². The average Bonchev–Trinajstić information content (AvgIpc) is 2.15. The summed E-state index contributed by atoms with van der Waals surface area (Å²) in [6.07, 6.45) is 6.49. The van der Waals surface area contributed by atoms with Crippen LogP contribution in [-0.2, 0) is 9.53 Å². The minimum absolute atomic E-state index is 0.0145. The van der Waals surface area contributed by atoms with Crippen LogP contribution in [0.3, 0.4) is 0 Å². The van der Waals surface area contributed by atoms with Crippen LogP contribution in [0.4, 0.5) is 0 Å². The molecule has 0 aliphatic heterocycles. The Bertz CT molecular complexity index is 241. The summed E-state index contributed by atoms with van der Waals surface area (Å²) in [5.74, 6) is 2.50. The normalized spacial score (nSPS) is 38.5. The van der Waals surface area contributed by atoms with Gasteiger partial charge in [-0.2, -0.15) is 0 Å². The van der Waals surface area contributed by atoms with Crippen molar-refractivity contribution >= 4 is 5.97 Å². The molecule has 0 saturated heterocycles. The standard InChI is InChI=1S/C14H24O2/c1-9(2)14(15)16-13-7-11-4-10(3)5-12(6-11)8-13/h9-13H,4-8H2,1-3H3. The van der Waals surface area contributed by atoms with Gasteiger partial charge in [-0.25, -0.2) is 0 Å². The summed E-state index contributed by atoms with van der Waals surface area (Å²) in [5, 5.41) is 0. The minimum atomic E-state index is -0.0157. The maximum atomic E-state index is 11.6. The molecule has 2 atom stereocenters. The number of fused-ring (bicyclic) bond motifs is 2. The third-order valence-electron chi connectivity index (χ3n) is 4.08. The zero-order chi connectivity index (χ0) is 11.7. The van der Waals surface area contributed by atoms with E-state index in [-0.39, 0.29) is 18.0 Å². The molecule has 2 heteroatoms. The molecule has 0 amide bonds. The summed E-state index contributed by atoms with van der Waals surface area (Å²) in [7, 11) is 0. The fraction of sp³-hybridized carbons (Fsp3) is 0.929. The van der Waals surface area contributed by atoms with Gasteiger partial charge in [0.15, 0.2) is 0 Å². The number of hydrogen-bond donors (Lipinski definition) is 0. The smallest absolute Gasteiger partial charge is 0.308 e. The first-order valence-corrected chi connectivity index (χ1v) is 6.75. The zero-order valence-electron chi connectivity index (χ0n) is 10.7. The van der Waals surface area contributed by atoms with E-state index >= 15 is 0 Å². The summed E-state index contributed by atoms with van der Waals surface area (Å²) in [4.78, 5) is 11.6. The first-order chi connectivity index (χ1) is 7.54. The zero-order valence-corrected chi connectivity index (χ0v) is 10.7. The van der Waals surface area contributed by atoms with Crippen molar-refractivity contribution in [3.8, 4) is 0 Å². The number of ether oxygens (including phenoxy) is 1. The average molecular weight is 224 g/mol. The molecule has 0 spiro atoms. The second kappa shape index (κ2) is 4.77. The van der Waals surface area contributed by atoms with Crippen LogP contribution in [-0.4, -0.2) is 12.1 Å². The molecular weight excluding hydrogens is 200 g/mol. The van der Waals surface area contributed by atoms with E-state index in [1.54, 1.807) is 0 Å². The first-order valence-electron chi connectivity index (χ1n) is 6.75. The lowest BCUT2D eigenvalue weighted by molar-refractivity contribution is -0.157. The molecule has 2 aliphatic rings. The Morgan fingerprint density at radius 1 is 1.06 bits per heavy atom. The lowest BCUT2D eigenvalue weighted by atomic mass is 9.67. The molecule has 2 bridgehead atoms. The van der Waals surface area contributed by atoms with Crippen molar-refractivity contribution in [2.24, 2.45) is 23.7 Å². The molecule has 16 heavy (non-hydrogen) atoms. The van der Waals surface area contributed by atoms with E-state index in [2.05, 4.69) is 6.92 Å². The molecule has 0 radical (unpaired) electrons. The van der Waals surface area contributed by atoms with E-state index < -0.39 is 0 Å². The van der Waals surface area contributed by atoms with Gasteiger partial charge in [0.05, 0.1) is 5.92 Å². The van der Waals surface area contributed by atoms with Crippen LogP contribution in [0.2, 0.25) is 0 Å². The molecule has 2 saturated carbocycles. The number of esters is 1. The SMILES string of the molecule is CC1CC2CC(C1)CC(OC(=O)C(C)C)C2. The van der Waals surface area contributed by atoms with Crippen molar-refractivity contribution in [1.29, 1.82) is 0 Å². The van der Waals surface area contributed by atoms with E-state index in [1.807, 2.05) is 13.8 Å². The first kappa shape index (κ1) is 11.9. The van der Waals surface area contributed by atoms with Gasteiger partial charge in [0.2, 0.25) is 0 Å². The minimum Gasteiger partial charge on any atom is -0.462 e. The summed E-state index contributed by atoms with van der Waals surface area (Å²) < 4.78 is 5.59. The number of rotatable bonds is 2. The van der Waals surface area contributed by atoms with Crippen LogP contribution in [0.25, 0.3) is 0 Å². The highest BCUT2D eigenvalue weighted by atomic mass is 16.5. The summed E-state index contributed by atoms with van der Waals surface area (Å²) in [6.45, 7) is 6.18. The van der Waals surface area contributed by atoms with Gasteiger partial charge in [-0.1, -0.05) is 20.8 Å². The van der Waals surface area contributed by atoms with Crippen LogP contribution >= 0.6 is 0 Å². The third kappa shape index (κ3) is 2.78. The number of hydrogen-bond acceptors (Lipinski definition) is 2. The van der Waals surface area contributed by atoms with Gasteiger partial charge >= 0.3 is 5.97 Å². The molecule has 0 aromatic rings. The van der Waals surface area contributed by atoms with Crippen LogP contribution < -0.4 is 0 Å². The maximum absolute atomic E-state index is 11.6. The Hall–Kier alpha value is -0.530. The van der Waals surface area contributed by atoms with Gasteiger partial charge in [0.25, 0.3) is 0 Å². The topological polar surface area (TPSA) is 26.3 Å². The van der Waals surface area contributed by atoms with E-state index in [0.29, 0.717) is 0 Å². The Kier molecular flexibility index (Phi) is 3.56. The molecular formula is C14H24O2. The second-order valence-corrected chi connectivity index (χ2v) is 6.23. The van der Waals surface area contributed by atoms with Crippen molar-refractivity contribution < 1.29 is 9.53 Å². The highest BCUT2D eigenvalue weighted by Gasteiger charge is 2.36. The Morgan fingerprint density at radius 3 is 2.12 bits per heavy atom. The van der Waals surface area contributed by atoms with Crippen molar-refractivity contribution in [2.75, 3.05) is 0 Å². The highest BCUT2D eigenvalue weighted by molar-refractivity contribution is 5.71. The summed E-state index contributed by atoms with van der Waals surface area (Å²) in [6, 6.07) is 0. The molecule has 0 heterocycles. The van der Waals surface area contributed by atoms with Crippen molar-refractivity contribution in [1.82, 2.24) is 0 Å². The lowest BCUT2D eigenvalue weighted by Crippen LogP contribution is -2.35. The highest BCUT2D eigenvalue weighted by Crippen LogP contribution is 2.43. The Balaban J connectivity index is 1.88. The van der Waals surface area contributed by atoms with Gasteiger partial charge in [-0.05, 0) is 49.9 Å². The molecule has 2 rings (SSSR count). The molecule has 2 unspecified atom stereocenters. The fourth-order valence-corrected chi connectivity index (χ4v) is 3.52. The molecule has 92 valence electrons.